The molecule has 0 saturated heterocycles. The van der Waals surface area contributed by atoms with Crippen LogP contribution in [0.1, 0.15) is 5.56 Å². The van der Waals surface area contributed by atoms with Gasteiger partial charge in [-0.05, 0) is 36.4 Å². The SMILES string of the molecule is O=S(=O)(Cl)c1cc(Cl)ccc1OCc1cc(Br)ccc1F. The Kier molecular flexibility index (Phi) is 5.14. The van der Waals surface area contributed by atoms with Crippen molar-refractivity contribution in [1.82, 2.24) is 0 Å². The van der Waals surface area contributed by atoms with Gasteiger partial charge in [-0.2, -0.15) is 0 Å². The molecule has 0 bridgehead atoms. The highest BCUT2D eigenvalue weighted by Gasteiger charge is 2.18. The molecule has 0 N–H and O–H groups in total. The fraction of sp³-hybridized carbons (Fsp3) is 0.0769. The molecule has 0 amide bonds. The molecule has 0 aliphatic carbocycles. The lowest BCUT2D eigenvalue weighted by Crippen LogP contribution is -2.02. The van der Waals surface area contributed by atoms with Crippen LogP contribution in [0.3, 0.4) is 0 Å². The molecule has 0 aromatic heterocycles. The molecule has 0 unspecified atom stereocenters. The maximum Gasteiger partial charge on any atom is 0.265 e. The van der Waals surface area contributed by atoms with Gasteiger partial charge in [0.25, 0.3) is 9.05 Å². The van der Waals surface area contributed by atoms with Crippen molar-refractivity contribution in [3.63, 3.8) is 0 Å². The lowest BCUT2D eigenvalue weighted by molar-refractivity contribution is 0.292. The quantitative estimate of drug-likeness (QED) is 0.679. The van der Waals surface area contributed by atoms with Gasteiger partial charge in [0.2, 0.25) is 0 Å². The van der Waals surface area contributed by atoms with Crippen molar-refractivity contribution in [3.8, 4) is 5.75 Å². The van der Waals surface area contributed by atoms with Gasteiger partial charge in [0.05, 0.1) is 0 Å². The van der Waals surface area contributed by atoms with Gasteiger partial charge in [0.1, 0.15) is 23.1 Å². The predicted octanol–water partition coefficient (Wildman–Crippen LogP) is 4.75. The first-order valence-electron chi connectivity index (χ1n) is 5.58. The van der Waals surface area contributed by atoms with Crippen molar-refractivity contribution in [1.29, 1.82) is 0 Å². The van der Waals surface area contributed by atoms with Gasteiger partial charge in [-0.1, -0.05) is 27.5 Å². The molecule has 0 aliphatic rings. The summed E-state index contributed by atoms with van der Waals surface area (Å²) < 4.78 is 42.6. The Bertz CT molecular complexity index is 781. The van der Waals surface area contributed by atoms with E-state index in [9.17, 15) is 12.8 Å². The van der Waals surface area contributed by atoms with Crippen LogP contribution in [0.2, 0.25) is 5.02 Å². The van der Waals surface area contributed by atoms with Crippen LogP contribution in [-0.2, 0) is 15.7 Å². The van der Waals surface area contributed by atoms with E-state index >= 15 is 0 Å². The second-order valence-electron chi connectivity index (χ2n) is 4.05. The van der Waals surface area contributed by atoms with Crippen LogP contribution in [0.4, 0.5) is 4.39 Å². The highest BCUT2D eigenvalue weighted by atomic mass is 79.9. The molecule has 0 fully saturated rings. The van der Waals surface area contributed by atoms with Gasteiger partial charge in [0.15, 0.2) is 0 Å². The van der Waals surface area contributed by atoms with Crippen molar-refractivity contribution in [2.45, 2.75) is 11.5 Å². The molecule has 0 atom stereocenters. The predicted molar refractivity (Wildman–Crippen MR) is 82.9 cm³/mol. The molecule has 112 valence electrons. The molecular formula is C13H8BrCl2FO3S. The Labute approximate surface area is 139 Å². The van der Waals surface area contributed by atoms with Crippen LogP contribution in [0, 0.1) is 5.82 Å². The zero-order valence-corrected chi connectivity index (χ0v) is 14.2. The standard InChI is InChI=1S/C13H8BrCl2FO3S/c14-9-1-3-11(17)8(5-9)7-20-12-4-2-10(15)6-13(12)21(16,18)19/h1-6H,7H2. The molecule has 2 aromatic rings. The Hall–Kier alpha value is -0.820. The summed E-state index contributed by atoms with van der Waals surface area (Å²) in [6.45, 7) is -0.147. The number of hydrogen-bond acceptors (Lipinski definition) is 3. The maximum absolute atomic E-state index is 13.6. The average Bonchev–Trinajstić information content (AvgIpc) is 2.40. The van der Waals surface area contributed by atoms with Crippen molar-refractivity contribution in [2.24, 2.45) is 0 Å². The summed E-state index contributed by atoms with van der Waals surface area (Å²) in [5.74, 6) is -0.448. The van der Waals surface area contributed by atoms with Gasteiger partial charge in [-0.15, -0.1) is 0 Å². The van der Waals surface area contributed by atoms with Gasteiger partial charge in [-0.25, -0.2) is 12.8 Å². The number of ether oxygens (including phenoxy) is 1. The lowest BCUT2D eigenvalue weighted by Gasteiger charge is -2.11. The first kappa shape index (κ1) is 16.5. The minimum absolute atomic E-state index is 0.00813. The highest BCUT2D eigenvalue weighted by Crippen LogP contribution is 2.30. The van der Waals surface area contributed by atoms with E-state index in [0.717, 1.165) is 0 Å². The first-order chi connectivity index (χ1) is 9.77. The number of benzene rings is 2. The minimum atomic E-state index is -4.02. The fourth-order valence-corrected chi connectivity index (χ4v) is 3.24. The molecule has 0 heterocycles. The Balaban J connectivity index is 2.30. The third-order valence-corrected chi connectivity index (χ3v) is 4.63. The van der Waals surface area contributed by atoms with Gasteiger partial charge >= 0.3 is 0 Å². The largest absolute Gasteiger partial charge is 0.487 e. The van der Waals surface area contributed by atoms with E-state index in [1.165, 1.54) is 24.3 Å². The zero-order valence-electron chi connectivity index (χ0n) is 10.3. The molecule has 0 saturated carbocycles. The van der Waals surface area contributed by atoms with Crippen LogP contribution in [-0.4, -0.2) is 8.42 Å². The minimum Gasteiger partial charge on any atom is -0.487 e. The van der Waals surface area contributed by atoms with Gasteiger partial charge < -0.3 is 4.74 Å². The summed E-state index contributed by atoms with van der Waals surface area (Å²) in [5.41, 5.74) is 0.275. The summed E-state index contributed by atoms with van der Waals surface area (Å²) in [6.07, 6.45) is 0. The molecule has 2 aromatic carbocycles. The average molecular weight is 414 g/mol. The van der Waals surface area contributed by atoms with E-state index in [2.05, 4.69) is 15.9 Å². The Morgan fingerprint density at radius 1 is 1.19 bits per heavy atom. The number of halogens is 4. The highest BCUT2D eigenvalue weighted by molar-refractivity contribution is 9.10. The lowest BCUT2D eigenvalue weighted by atomic mass is 10.2. The number of hydrogen-bond donors (Lipinski definition) is 0. The van der Waals surface area contributed by atoms with E-state index in [1.807, 2.05) is 0 Å². The van der Waals surface area contributed by atoms with E-state index < -0.39 is 14.9 Å². The molecule has 0 spiro atoms. The fourth-order valence-electron chi connectivity index (χ4n) is 1.60. The molecule has 3 nitrogen and oxygen atoms in total. The summed E-state index contributed by atoms with van der Waals surface area (Å²) >= 11 is 8.96. The normalized spacial score (nSPS) is 11.4. The van der Waals surface area contributed by atoms with Crippen molar-refractivity contribution < 1.29 is 17.5 Å². The smallest absolute Gasteiger partial charge is 0.265 e. The summed E-state index contributed by atoms with van der Waals surface area (Å²) in [4.78, 5) is -0.257. The second-order valence-corrected chi connectivity index (χ2v) is 7.94. The molecule has 21 heavy (non-hydrogen) atoms. The summed E-state index contributed by atoms with van der Waals surface area (Å²) in [5, 5.41) is 0.204. The Morgan fingerprint density at radius 2 is 1.90 bits per heavy atom. The van der Waals surface area contributed by atoms with Crippen LogP contribution in [0.25, 0.3) is 0 Å². The molecule has 0 radical (unpaired) electrons. The molecule has 8 heteroatoms. The van der Waals surface area contributed by atoms with E-state index in [4.69, 9.17) is 27.0 Å². The Morgan fingerprint density at radius 3 is 2.57 bits per heavy atom. The topological polar surface area (TPSA) is 43.4 Å². The van der Waals surface area contributed by atoms with Gasteiger partial charge in [-0.3, -0.25) is 0 Å². The first-order valence-corrected chi connectivity index (χ1v) is 9.06. The van der Waals surface area contributed by atoms with Crippen molar-refractivity contribution in [2.75, 3.05) is 0 Å². The van der Waals surface area contributed by atoms with Crippen molar-refractivity contribution in [3.05, 3.63) is 57.3 Å². The monoisotopic (exact) mass is 412 g/mol. The number of rotatable bonds is 4. The summed E-state index contributed by atoms with van der Waals surface area (Å²) in [6, 6.07) is 8.38. The third-order valence-electron chi connectivity index (χ3n) is 2.56. The van der Waals surface area contributed by atoms with E-state index in [0.29, 0.717) is 4.47 Å². The summed E-state index contributed by atoms with van der Waals surface area (Å²) in [7, 11) is 1.31. The zero-order chi connectivity index (χ0) is 15.6. The molecule has 0 aliphatic heterocycles. The third kappa shape index (κ3) is 4.32. The van der Waals surface area contributed by atoms with Crippen LogP contribution >= 0.6 is 38.2 Å². The molecular weight excluding hydrogens is 406 g/mol. The maximum atomic E-state index is 13.6. The van der Waals surface area contributed by atoms with Crippen LogP contribution < -0.4 is 4.74 Å². The van der Waals surface area contributed by atoms with E-state index in [-0.39, 0.29) is 27.8 Å². The van der Waals surface area contributed by atoms with E-state index in [1.54, 1.807) is 12.1 Å². The van der Waals surface area contributed by atoms with Crippen molar-refractivity contribution >= 4 is 47.3 Å². The van der Waals surface area contributed by atoms with Crippen LogP contribution in [0.5, 0.6) is 5.75 Å². The second kappa shape index (κ2) is 6.52. The van der Waals surface area contributed by atoms with Gasteiger partial charge in [0, 0.05) is 25.7 Å². The molecule has 2 rings (SSSR count). The van der Waals surface area contributed by atoms with Crippen LogP contribution in [0.15, 0.2) is 45.8 Å².